The van der Waals surface area contributed by atoms with Crippen molar-refractivity contribution in [1.29, 1.82) is 0 Å². The van der Waals surface area contributed by atoms with Crippen molar-refractivity contribution in [2.75, 3.05) is 7.05 Å². The summed E-state index contributed by atoms with van der Waals surface area (Å²) in [5, 5.41) is 13.0. The number of rotatable bonds is 8. The van der Waals surface area contributed by atoms with Crippen molar-refractivity contribution in [2.45, 2.75) is 23.4 Å². The molecule has 0 fully saturated rings. The molecule has 1 heterocycles. The maximum absolute atomic E-state index is 14.7. The summed E-state index contributed by atoms with van der Waals surface area (Å²) in [5.74, 6) is -0.528. The molecule has 4 rings (SSSR count). The highest BCUT2D eigenvalue weighted by Crippen LogP contribution is 2.36. The number of amides is 3. The molecule has 0 aliphatic carbocycles. The Morgan fingerprint density at radius 3 is 2.29 bits per heavy atom. The van der Waals surface area contributed by atoms with Crippen molar-refractivity contribution in [3.63, 3.8) is 0 Å². The number of aromatic nitrogens is 3. The zero-order valence-corrected chi connectivity index (χ0v) is 19.8. The second kappa shape index (κ2) is 11.4. The smallest absolute Gasteiger partial charge is 0.321 e. The lowest BCUT2D eigenvalue weighted by Crippen LogP contribution is -2.39. The van der Waals surface area contributed by atoms with E-state index in [9.17, 15) is 14.0 Å². The lowest BCUT2D eigenvalue weighted by Gasteiger charge is -2.17. The molecule has 0 radical (unpaired) electrons. The Kier molecular flexibility index (Phi) is 7.89. The molecular weight excluding hydrogens is 465 g/mol. The molecule has 1 aromatic heterocycles. The van der Waals surface area contributed by atoms with Crippen molar-refractivity contribution in [1.82, 2.24) is 25.4 Å². The molecule has 2 N–H and O–H groups in total. The van der Waals surface area contributed by atoms with Gasteiger partial charge in [0.05, 0.1) is 5.56 Å². The Hall–Kier alpha value is -3.98. The van der Waals surface area contributed by atoms with E-state index >= 15 is 0 Å². The number of urea groups is 1. The van der Waals surface area contributed by atoms with Crippen molar-refractivity contribution in [3.05, 3.63) is 102 Å². The fraction of sp³-hybridized carbons (Fsp3) is 0.154. The van der Waals surface area contributed by atoms with Gasteiger partial charge in [-0.05, 0) is 29.7 Å². The minimum atomic E-state index is -0.776. The van der Waals surface area contributed by atoms with E-state index in [2.05, 4.69) is 20.8 Å². The number of imide groups is 1. The summed E-state index contributed by atoms with van der Waals surface area (Å²) in [7, 11) is 1.44. The molecule has 0 aliphatic heterocycles. The third-order valence-corrected chi connectivity index (χ3v) is 6.56. The molecule has 3 amide bonds. The molecule has 3 aromatic carbocycles. The van der Waals surface area contributed by atoms with Crippen LogP contribution in [0.1, 0.15) is 16.4 Å². The van der Waals surface area contributed by atoms with Gasteiger partial charge in [-0.3, -0.25) is 10.1 Å². The molecular formula is C26H24FN5O2S. The zero-order chi connectivity index (χ0) is 24.6. The van der Waals surface area contributed by atoms with Crippen LogP contribution in [0.2, 0.25) is 0 Å². The molecule has 0 unspecified atom stereocenters. The van der Waals surface area contributed by atoms with Gasteiger partial charge in [0.1, 0.15) is 11.1 Å². The molecule has 178 valence electrons. The van der Waals surface area contributed by atoms with E-state index in [1.807, 2.05) is 65.2 Å². The quantitative estimate of drug-likeness (QED) is 0.353. The summed E-state index contributed by atoms with van der Waals surface area (Å²) in [6, 6.07) is 24.8. The summed E-state index contributed by atoms with van der Waals surface area (Å²) >= 11 is 1.16. The van der Waals surface area contributed by atoms with E-state index in [0.29, 0.717) is 35.1 Å². The maximum atomic E-state index is 14.7. The van der Waals surface area contributed by atoms with Gasteiger partial charge in [-0.15, -0.1) is 10.2 Å². The maximum Gasteiger partial charge on any atom is 0.321 e. The van der Waals surface area contributed by atoms with Crippen LogP contribution in [-0.2, 0) is 17.8 Å². The fourth-order valence-corrected chi connectivity index (χ4v) is 4.61. The van der Waals surface area contributed by atoms with Crippen LogP contribution in [0.25, 0.3) is 11.4 Å². The lowest BCUT2D eigenvalue weighted by molar-refractivity contribution is -0.119. The molecule has 9 heteroatoms. The van der Waals surface area contributed by atoms with Crippen LogP contribution >= 0.6 is 11.8 Å². The number of carbonyl (C=O) groups excluding carboxylic acids is 2. The topological polar surface area (TPSA) is 88.9 Å². The number of hydrogen-bond acceptors (Lipinski definition) is 5. The number of aryl methyl sites for hydroxylation is 1. The van der Waals surface area contributed by atoms with E-state index in [1.165, 1.54) is 13.1 Å². The highest BCUT2D eigenvalue weighted by atomic mass is 32.2. The number of benzene rings is 3. The van der Waals surface area contributed by atoms with Gasteiger partial charge < -0.3 is 9.88 Å². The number of thioether (sulfide) groups is 1. The van der Waals surface area contributed by atoms with Crippen molar-refractivity contribution >= 4 is 23.7 Å². The second-order valence-electron chi connectivity index (χ2n) is 7.65. The number of nitrogens with one attached hydrogen (secondary N) is 2. The minimum Gasteiger partial charge on any atom is -0.341 e. The normalized spacial score (nSPS) is 11.6. The highest BCUT2D eigenvalue weighted by Gasteiger charge is 2.27. The van der Waals surface area contributed by atoms with Gasteiger partial charge in [0.2, 0.25) is 5.91 Å². The number of nitrogens with zero attached hydrogens (tertiary/aromatic N) is 3. The number of hydrogen-bond donors (Lipinski definition) is 2. The minimum absolute atomic E-state index is 0.325. The summed E-state index contributed by atoms with van der Waals surface area (Å²) < 4.78 is 16.5. The van der Waals surface area contributed by atoms with E-state index < -0.39 is 23.0 Å². The third kappa shape index (κ3) is 5.93. The average Bonchev–Trinajstić information content (AvgIpc) is 3.29. The van der Waals surface area contributed by atoms with E-state index in [0.717, 1.165) is 17.3 Å². The largest absolute Gasteiger partial charge is 0.341 e. The predicted molar refractivity (Wildman–Crippen MR) is 133 cm³/mol. The second-order valence-corrected chi connectivity index (χ2v) is 8.72. The number of halogens is 1. The van der Waals surface area contributed by atoms with E-state index in [4.69, 9.17) is 0 Å². The highest BCUT2D eigenvalue weighted by molar-refractivity contribution is 8.00. The van der Waals surface area contributed by atoms with Crippen molar-refractivity contribution in [2.24, 2.45) is 0 Å². The first-order chi connectivity index (χ1) is 17.1. The van der Waals surface area contributed by atoms with Gasteiger partial charge in [-0.2, -0.15) is 0 Å². The summed E-state index contributed by atoms with van der Waals surface area (Å²) in [6.45, 7) is 0.474. The van der Waals surface area contributed by atoms with Crippen LogP contribution < -0.4 is 10.6 Å². The van der Waals surface area contributed by atoms with Crippen LogP contribution in [0, 0.1) is 5.82 Å². The average molecular weight is 490 g/mol. The lowest BCUT2D eigenvalue weighted by atomic mass is 10.1. The van der Waals surface area contributed by atoms with Gasteiger partial charge in [-0.1, -0.05) is 84.6 Å². The molecule has 1 atom stereocenters. The molecule has 0 saturated carbocycles. The Bertz CT molecular complexity index is 1300. The summed E-state index contributed by atoms with van der Waals surface area (Å²) in [4.78, 5) is 24.9. The first-order valence-electron chi connectivity index (χ1n) is 11.0. The van der Waals surface area contributed by atoms with Gasteiger partial charge >= 0.3 is 6.03 Å². The van der Waals surface area contributed by atoms with Crippen LogP contribution in [0.3, 0.4) is 0 Å². The third-order valence-electron chi connectivity index (χ3n) is 5.33. The Balaban J connectivity index is 1.71. The Morgan fingerprint density at radius 1 is 0.943 bits per heavy atom. The van der Waals surface area contributed by atoms with E-state index in [-0.39, 0.29) is 0 Å². The van der Waals surface area contributed by atoms with Gasteiger partial charge in [0.15, 0.2) is 11.0 Å². The molecule has 4 aromatic rings. The monoisotopic (exact) mass is 489 g/mol. The molecule has 0 aliphatic rings. The Morgan fingerprint density at radius 2 is 1.60 bits per heavy atom. The van der Waals surface area contributed by atoms with Crippen molar-refractivity contribution in [3.8, 4) is 11.4 Å². The standard InChI is InChI=1S/C26H24FN5O2S/c1-28-25(34)29-24(33)22(19-12-6-3-7-13-19)35-26-31-30-23(20-14-8-9-15-21(20)27)32(26)17-16-18-10-4-2-5-11-18/h2-15,22H,16-17H2,1H3,(H2,28,29,33,34)/t22-/m1/s1. The Labute approximate surface area is 206 Å². The number of carbonyl (C=O) groups is 2. The van der Waals surface area contributed by atoms with Crippen LogP contribution in [0.5, 0.6) is 0 Å². The van der Waals surface area contributed by atoms with E-state index in [1.54, 1.807) is 18.2 Å². The molecule has 0 bridgehead atoms. The molecule has 7 nitrogen and oxygen atoms in total. The predicted octanol–water partition coefficient (Wildman–Crippen LogP) is 4.62. The summed E-state index contributed by atoms with van der Waals surface area (Å²) in [6.07, 6.45) is 0.661. The summed E-state index contributed by atoms with van der Waals surface area (Å²) in [5.41, 5.74) is 2.13. The first kappa shape index (κ1) is 24.2. The molecule has 0 saturated heterocycles. The van der Waals surface area contributed by atoms with Gasteiger partial charge in [0.25, 0.3) is 0 Å². The van der Waals surface area contributed by atoms with Gasteiger partial charge in [0, 0.05) is 13.6 Å². The van der Waals surface area contributed by atoms with Crippen LogP contribution in [0.4, 0.5) is 9.18 Å². The molecule has 0 spiro atoms. The first-order valence-corrected chi connectivity index (χ1v) is 11.9. The fourth-order valence-electron chi connectivity index (χ4n) is 3.55. The van der Waals surface area contributed by atoms with Crippen molar-refractivity contribution < 1.29 is 14.0 Å². The van der Waals surface area contributed by atoms with Crippen LogP contribution in [0.15, 0.2) is 90.1 Å². The zero-order valence-electron chi connectivity index (χ0n) is 19.0. The SMILES string of the molecule is CNC(=O)NC(=O)[C@H](Sc1nnc(-c2ccccc2F)n1CCc1ccccc1)c1ccccc1. The van der Waals surface area contributed by atoms with Gasteiger partial charge in [-0.25, -0.2) is 9.18 Å². The van der Waals surface area contributed by atoms with Crippen LogP contribution in [-0.4, -0.2) is 33.8 Å². The molecule has 35 heavy (non-hydrogen) atoms.